The average Bonchev–Trinajstić information content (AvgIpc) is 2.78. The molecular formula is C24H21F2N3O3. The van der Waals surface area contributed by atoms with Crippen molar-refractivity contribution in [2.24, 2.45) is 0 Å². The van der Waals surface area contributed by atoms with Crippen molar-refractivity contribution in [2.75, 3.05) is 12.1 Å². The molecule has 2 aromatic carbocycles. The van der Waals surface area contributed by atoms with Crippen LogP contribution in [0.2, 0.25) is 0 Å². The first-order valence-electron chi connectivity index (χ1n) is 10.4. The summed E-state index contributed by atoms with van der Waals surface area (Å²) in [6.07, 6.45) is 2.76. The first-order chi connectivity index (χ1) is 15.4. The molecule has 0 spiro atoms. The van der Waals surface area contributed by atoms with Crippen LogP contribution in [0.4, 0.5) is 8.78 Å². The van der Waals surface area contributed by atoms with E-state index in [1.165, 1.54) is 34.0 Å². The van der Waals surface area contributed by atoms with E-state index in [1.807, 2.05) is 35.3 Å². The van der Waals surface area contributed by atoms with E-state index < -0.39 is 40.9 Å². The van der Waals surface area contributed by atoms with Crippen molar-refractivity contribution in [1.82, 2.24) is 9.58 Å². The number of benzene rings is 2. The number of amides is 1. The summed E-state index contributed by atoms with van der Waals surface area (Å²) in [5.41, 5.74) is 1.25. The van der Waals surface area contributed by atoms with Gasteiger partial charge in [0.15, 0.2) is 23.1 Å². The molecule has 164 valence electrons. The highest BCUT2D eigenvalue weighted by Gasteiger charge is 2.42. The fraction of sp³-hybridized carbons (Fsp3) is 0.250. The number of halogens is 2. The van der Waals surface area contributed by atoms with Crippen LogP contribution in [0.15, 0.2) is 59.5 Å². The second-order valence-corrected chi connectivity index (χ2v) is 8.17. The topological polar surface area (TPSA) is 65.8 Å². The van der Waals surface area contributed by atoms with Gasteiger partial charge in [-0.2, -0.15) is 0 Å². The molecule has 0 bridgehead atoms. The summed E-state index contributed by atoms with van der Waals surface area (Å²) in [6.45, 7) is 0. The van der Waals surface area contributed by atoms with E-state index in [0.29, 0.717) is 30.4 Å². The number of aryl methyl sites for hydroxylation is 1. The summed E-state index contributed by atoms with van der Waals surface area (Å²) < 4.78 is 30.1. The number of aromatic hydroxyl groups is 1. The summed E-state index contributed by atoms with van der Waals surface area (Å²) >= 11 is 0. The van der Waals surface area contributed by atoms with Crippen molar-refractivity contribution < 1.29 is 18.7 Å². The van der Waals surface area contributed by atoms with Crippen LogP contribution in [-0.2, 0) is 6.42 Å². The van der Waals surface area contributed by atoms with Crippen LogP contribution >= 0.6 is 0 Å². The van der Waals surface area contributed by atoms with Crippen LogP contribution in [0.25, 0.3) is 0 Å². The molecule has 6 nitrogen and oxygen atoms in total. The van der Waals surface area contributed by atoms with Crippen molar-refractivity contribution in [3.63, 3.8) is 0 Å². The van der Waals surface area contributed by atoms with Gasteiger partial charge in [0.2, 0.25) is 5.43 Å². The number of pyridine rings is 1. The maximum atomic E-state index is 14.5. The minimum absolute atomic E-state index is 0.151. The van der Waals surface area contributed by atoms with Gasteiger partial charge in [-0.1, -0.05) is 30.3 Å². The van der Waals surface area contributed by atoms with Crippen LogP contribution in [0.5, 0.6) is 5.75 Å². The number of carbonyl (C=O) groups is 1. The van der Waals surface area contributed by atoms with E-state index in [0.717, 1.165) is 5.56 Å². The fourth-order valence-corrected chi connectivity index (χ4v) is 4.81. The molecule has 0 saturated carbocycles. The Morgan fingerprint density at radius 1 is 1.03 bits per heavy atom. The van der Waals surface area contributed by atoms with Gasteiger partial charge < -0.3 is 10.0 Å². The summed E-state index contributed by atoms with van der Waals surface area (Å²) in [4.78, 5) is 26.7. The molecule has 3 heterocycles. The number of nitrogens with zero attached hydrogens (tertiary/aromatic N) is 3. The number of hydrogen-bond donors (Lipinski definition) is 1. The number of fused-ring (bicyclic) bond motifs is 4. The first-order valence-corrected chi connectivity index (χ1v) is 10.4. The van der Waals surface area contributed by atoms with Gasteiger partial charge in [-0.15, -0.1) is 0 Å². The summed E-state index contributed by atoms with van der Waals surface area (Å²) in [7, 11) is 1.62. The van der Waals surface area contributed by atoms with Crippen molar-refractivity contribution in [3.8, 4) is 5.75 Å². The quantitative estimate of drug-likeness (QED) is 0.635. The number of aromatic nitrogens is 1. The van der Waals surface area contributed by atoms with Crippen molar-refractivity contribution in [2.45, 2.75) is 31.5 Å². The van der Waals surface area contributed by atoms with Crippen LogP contribution < -0.4 is 10.4 Å². The molecule has 5 rings (SSSR count). The van der Waals surface area contributed by atoms with Gasteiger partial charge in [-0.3, -0.25) is 19.3 Å². The van der Waals surface area contributed by atoms with Crippen LogP contribution in [-0.4, -0.2) is 33.8 Å². The number of rotatable bonds is 1. The van der Waals surface area contributed by atoms with Gasteiger partial charge in [0, 0.05) is 19.3 Å². The molecule has 2 atom stereocenters. The smallest absolute Gasteiger partial charge is 0.277 e. The zero-order valence-corrected chi connectivity index (χ0v) is 17.3. The van der Waals surface area contributed by atoms with Crippen molar-refractivity contribution in [1.29, 1.82) is 0 Å². The Balaban J connectivity index is 1.84. The third kappa shape index (κ3) is 2.97. The fourth-order valence-electron chi connectivity index (χ4n) is 4.81. The van der Waals surface area contributed by atoms with Crippen LogP contribution in [0.3, 0.4) is 0 Å². The van der Waals surface area contributed by atoms with Crippen LogP contribution in [0, 0.1) is 11.6 Å². The largest absolute Gasteiger partial charge is 0.502 e. The zero-order valence-electron chi connectivity index (χ0n) is 17.3. The van der Waals surface area contributed by atoms with Gasteiger partial charge in [0.25, 0.3) is 5.91 Å². The van der Waals surface area contributed by atoms with E-state index in [2.05, 4.69) is 0 Å². The normalized spacial score (nSPS) is 20.2. The van der Waals surface area contributed by atoms with Gasteiger partial charge in [-0.05, 0) is 48.1 Å². The van der Waals surface area contributed by atoms with Gasteiger partial charge >= 0.3 is 0 Å². The minimum Gasteiger partial charge on any atom is -0.502 e. The van der Waals surface area contributed by atoms with Crippen molar-refractivity contribution >= 4 is 5.91 Å². The van der Waals surface area contributed by atoms with Gasteiger partial charge in [-0.25, -0.2) is 8.78 Å². The number of hydrogen-bond acceptors (Lipinski definition) is 4. The molecule has 2 aliphatic rings. The lowest BCUT2D eigenvalue weighted by molar-refractivity contribution is 0.0600. The molecule has 0 radical (unpaired) electrons. The standard InChI is InChI=1S/C24H21F2N3O3/c1-27-20-9-5-8-15-12-17(25)18(26)13-16(15)21(14-6-3-2-4-7-14)29(20)28-11-10-19(30)23(31)22(28)24(27)32/h2-4,6-7,10-13,20-21,31H,5,8-9H2,1H3/t20?,21-/m1/s1. The maximum Gasteiger partial charge on any atom is 0.277 e. The van der Waals surface area contributed by atoms with Gasteiger partial charge in [0.1, 0.15) is 6.17 Å². The van der Waals surface area contributed by atoms with E-state index in [9.17, 15) is 23.5 Å². The van der Waals surface area contributed by atoms with E-state index >= 15 is 0 Å². The lowest BCUT2D eigenvalue weighted by Gasteiger charge is -2.50. The van der Waals surface area contributed by atoms with Crippen molar-refractivity contribution in [3.05, 3.63) is 99.0 Å². The average molecular weight is 437 g/mol. The monoisotopic (exact) mass is 437 g/mol. The highest BCUT2D eigenvalue weighted by Crippen LogP contribution is 2.39. The Morgan fingerprint density at radius 3 is 2.50 bits per heavy atom. The predicted octanol–water partition coefficient (Wildman–Crippen LogP) is 3.31. The molecular weight excluding hydrogens is 416 g/mol. The number of carbonyl (C=O) groups excluding carboxylic acids is 1. The van der Waals surface area contributed by atoms with Crippen LogP contribution in [0.1, 0.15) is 46.1 Å². The molecule has 1 aromatic heterocycles. The minimum atomic E-state index is -0.953. The molecule has 1 N–H and O–H groups in total. The molecule has 0 saturated heterocycles. The Morgan fingerprint density at radius 2 is 1.75 bits per heavy atom. The summed E-state index contributed by atoms with van der Waals surface area (Å²) in [5, 5.41) is 12.3. The summed E-state index contributed by atoms with van der Waals surface area (Å²) in [6, 6.07) is 12.4. The molecule has 2 aliphatic heterocycles. The second-order valence-electron chi connectivity index (χ2n) is 8.17. The van der Waals surface area contributed by atoms with E-state index in [4.69, 9.17) is 0 Å². The lowest BCUT2D eigenvalue weighted by atomic mass is 9.88. The highest BCUT2D eigenvalue weighted by atomic mass is 19.2. The Kier molecular flexibility index (Phi) is 4.73. The molecule has 1 amide bonds. The SMILES string of the molecule is CN1C(=O)c2c(O)c(=O)ccn2N2C1CCCc1cc(F)c(F)cc1[C@H]2c1ccccc1. The van der Waals surface area contributed by atoms with E-state index in [1.54, 1.807) is 7.05 Å². The third-order valence-electron chi connectivity index (χ3n) is 6.34. The lowest BCUT2D eigenvalue weighted by Crippen LogP contribution is -2.61. The third-order valence-corrected chi connectivity index (χ3v) is 6.34. The molecule has 0 fully saturated rings. The highest BCUT2D eigenvalue weighted by molar-refractivity contribution is 5.96. The first kappa shape index (κ1) is 20.2. The molecule has 1 unspecified atom stereocenters. The molecule has 0 aliphatic carbocycles. The zero-order chi connectivity index (χ0) is 22.6. The Hall–Kier alpha value is -3.68. The Labute approximate surface area is 182 Å². The molecule has 3 aromatic rings. The molecule has 8 heteroatoms. The predicted molar refractivity (Wildman–Crippen MR) is 114 cm³/mol. The van der Waals surface area contributed by atoms with E-state index in [-0.39, 0.29) is 5.69 Å². The van der Waals surface area contributed by atoms with Gasteiger partial charge in [0.05, 0.1) is 6.04 Å². The second kappa shape index (κ2) is 7.47. The molecule has 32 heavy (non-hydrogen) atoms. The maximum absolute atomic E-state index is 14.5. The Bertz CT molecular complexity index is 1280. The summed E-state index contributed by atoms with van der Waals surface area (Å²) in [5.74, 6) is -2.96.